The van der Waals surface area contributed by atoms with Crippen LogP contribution in [0.5, 0.6) is 0 Å². The summed E-state index contributed by atoms with van der Waals surface area (Å²) in [7, 11) is 2.20. The van der Waals surface area contributed by atoms with Crippen LogP contribution >= 0.6 is 0 Å². The molecule has 0 atom stereocenters. The molecule has 1 heteroatoms. The topological polar surface area (TPSA) is 3.88 Å². The first-order chi connectivity index (χ1) is 15.3. The fourth-order valence-electron chi connectivity index (χ4n) is 5.22. The van der Waals surface area contributed by atoms with Gasteiger partial charge in [-0.15, -0.1) is 0 Å². The van der Waals surface area contributed by atoms with Crippen molar-refractivity contribution in [1.82, 2.24) is 0 Å². The Kier molecular flexibility index (Phi) is 5.01. The van der Waals surface area contributed by atoms with Gasteiger partial charge in [-0.1, -0.05) is 87.5 Å². The first-order valence-corrected chi connectivity index (χ1v) is 11.6. The van der Waals surface area contributed by atoms with Gasteiger partial charge in [0.2, 0.25) is 5.69 Å². The number of pyridine rings is 1. The molecule has 0 bridgehead atoms. The quantitative estimate of drug-likeness (QED) is 0.270. The maximum Gasteiger partial charge on any atom is 0.213 e. The summed E-state index contributed by atoms with van der Waals surface area (Å²) >= 11 is 0. The Morgan fingerprint density at radius 3 is 2.28 bits per heavy atom. The Bertz CT molecular complexity index is 1310. The standard InChI is InChI=1S/C31H32N/c1-21-15-16-26-25-14-10-9-13-23(25)17-27(26)30(21)29-18-24(19-31(2,3)4)28(20-32(29)5)22-11-7-6-8-12-22/h6-16,18,20H,17,19H2,1-5H3/q+1. The molecule has 0 aliphatic heterocycles. The van der Waals surface area contributed by atoms with Gasteiger partial charge in [-0.2, -0.15) is 0 Å². The van der Waals surface area contributed by atoms with Crippen molar-refractivity contribution in [2.24, 2.45) is 12.5 Å². The van der Waals surface area contributed by atoms with Crippen molar-refractivity contribution < 1.29 is 4.57 Å². The Hall–Kier alpha value is -3.19. The molecule has 0 spiro atoms. The van der Waals surface area contributed by atoms with E-state index in [2.05, 4.69) is 118 Å². The maximum absolute atomic E-state index is 2.46. The molecule has 32 heavy (non-hydrogen) atoms. The molecule has 0 saturated carbocycles. The number of benzene rings is 3. The van der Waals surface area contributed by atoms with Gasteiger partial charge in [-0.3, -0.25) is 0 Å². The number of fused-ring (bicyclic) bond motifs is 3. The molecule has 0 saturated heterocycles. The zero-order chi connectivity index (χ0) is 22.5. The molecule has 0 fully saturated rings. The van der Waals surface area contributed by atoms with Crippen LogP contribution in [0, 0.1) is 12.3 Å². The summed E-state index contributed by atoms with van der Waals surface area (Å²) in [6.45, 7) is 9.25. The molecule has 1 aliphatic rings. The van der Waals surface area contributed by atoms with Crippen molar-refractivity contribution in [3.8, 4) is 33.5 Å². The molecule has 3 aromatic carbocycles. The highest BCUT2D eigenvalue weighted by Crippen LogP contribution is 2.43. The fraction of sp³-hybridized carbons (Fsp3) is 0.258. The van der Waals surface area contributed by atoms with E-state index in [9.17, 15) is 0 Å². The molecule has 1 aliphatic carbocycles. The zero-order valence-electron chi connectivity index (χ0n) is 19.9. The van der Waals surface area contributed by atoms with Crippen molar-refractivity contribution in [3.63, 3.8) is 0 Å². The highest BCUT2D eigenvalue weighted by molar-refractivity contribution is 5.85. The predicted molar refractivity (Wildman–Crippen MR) is 135 cm³/mol. The average Bonchev–Trinajstić information content (AvgIpc) is 3.13. The third kappa shape index (κ3) is 3.66. The molecule has 1 aromatic heterocycles. The second kappa shape index (κ2) is 7.74. The average molecular weight is 419 g/mol. The van der Waals surface area contributed by atoms with E-state index in [-0.39, 0.29) is 5.41 Å². The van der Waals surface area contributed by atoms with Crippen molar-refractivity contribution >= 4 is 0 Å². The van der Waals surface area contributed by atoms with Gasteiger partial charge in [0.15, 0.2) is 6.20 Å². The molecule has 0 radical (unpaired) electrons. The zero-order valence-corrected chi connectivity index (χ0v) is 19.9. The minimum atomic E-state index is 0.213. The highest BCUT2D eigenvalue weighted by Gasteiger charge is 2.28. The van der Waals surface area contributed by atoms with E-state index in [0.29, 0.717) is 0 Å². The normalized spacial score (nSPS) is 12.5. The molecule has 1 heterocycles. The number of hydrogen-bond acceptors (Lipinski definition) is 0. The van der Waals surface area contributed by atoms with Gasteiger partial charge < -0.3 is 0 Å². The smallest absolute Gasteiger partial charge is 0.200 e. The molecule has 0 amide bonds. The Morgan fingerprint density at radius 1 is 0.812 bits per heavy atom. The number of rotatable bonds is 3. The molecule has 160 valence electrons. The van der Waals surface area contributed by atoms with E-state index < -0.39 is 0 Å². The number of aryl methyl sites for hydroxylation is 2. The third-order valence-electron chi connectivity index (χ3n) is 6.62. The van der Waals surface area contributed by atoms with E-state index in [1.807, 2.05) is 0 Å². The minimum absolute atomic E-state index is 0.213. The predicted octanol–water partition coefficient (Wildman–Crippen LogP) is 7.31. The summed E-state index contributed by atoms with van der Waals surface area (Å²) in [4.78, 5) is 0. The summed E-state index contributed by atoms with van der Waals surface area (Å²) in [6.07, 6.45) is 4.39. The maximum atomic E-state index is 2.46. The summed E-state index contributed by atoms with van der Waals surface area (Å²) in [6, 6.07) is 26.7. The van der Waals surface area contributed by atoms with Gasteiger partial charge in [0.25, 0.3) is 0 Å². The van der Waals surface area contributed by atoms with Gasteiger partial charge in [0, 0.05) is 11.6 Å². The van der Waals surface area contributed by atoms with E-state index >= 15 is 0 Å². The van der Waals surface area contributed by atoms with Crippen LogP contribution in [0.1, 0.15) is 43.0 Å². The molecule has 0 unspecified atom stereocenters. The van der Waals surface area contributed by atoms with Gasteiger partial charge in [-0.05, 0) is 64.1 Å². The summed E-state index contributed by atoms with van der Waals surface area (Å²) in [5.41, 5.74) is 14.0. The largest absolute Gasteiger partial charge is 0.213 e. The number of hydrogen-bond donors (Lipinski definition) is 0. The summed E-state index contributed by atoms with van der Waals surface area (Å²) < 4.78 is 2.33. The fourth-order valence-corrected chi connectivity index (χ4v) is 5.22. The van der Waals surface area contributed by atoms with Crippen LogP contribution in [0.25, 0.3) is 33.5 Å². The minimum Gasteiger partial charge on any atom is -0.200 e. The SMILES string of the molecule is Cc1ccc2c(c1-c1cc(CC(C)(C)C)c(-c3ccccc3)c[n+]1C)Cc1ccccc1-2. The van der Waals surface area contributed by atoms with Gasteiger partial charge in [0.05, 0.1) is 5.56 Å². The lowest BCUT2D eigenvalue weighted by Crippen LogP contribution is -2.32. The second-order valence-corrected chi connectivity index (χ2v) is 10.4. The molecule has 0 N–H and O–H groups in total. The molecule has 1 nitrogen and oxygen atoms in total. The van der Waals surface area contributed by atoms with Crippen LogP contribution in [0.15, 0.2) is 79.0 Å². The van der Waals surface area contributed by atoms with Crippen LogP contribution in [-0.2, 0) is 19.9 Å². The van der Waals surface area contributed by atoms with Crippen molar-refractivity contribution in [2.45, 2.75) is 40.5 Å². The Balaban J connectivity index is 1.73. The molecular weight excluding hydrogens is 386 g/mol. The van der Waals surface area contributed by atoms with Gasteiger partial charge >= 0.3 is 0 Å². The van der Waals surface area contributed by atoms with Crippen molar-refractivity contribution in [1.29, 1.82) is 0 Å². The van der Waals surface area contributed by atoms with E-state index in [0.717, 1.165) is 12.8 Å². The molecule has 5 rings (SSSR count). The van der Waals surface area contributed by atoms with Crippen LogP contribution in [0.4, 0.5) is 0 Å². The first-order valence-electron chi connectivity index (χ1n) is 11.6. The highest BCUT2D eigenvalue weighted by atomic mass is 14.9. The van der Waals surface area contributed by atoms with E-state index in [1.165, 1.54) is 55.8 Å². The van der Waals surface area contributed by atoms with Crippen LogP contribution in [-0.4, -0.2) is 0 Å². The van der Waals surface area contributed by atoms with Crippen LogP contribution < -0.4 is 4.57 Å². The van der Waals surface area contributed by atoms with E-state index in [1.54, 1.807) is 0 Å². The van der Waals surface area contributed by atoms with Gasteiger partial charge in [0.1, 0.15) is 7.05 Å². The summed E-state index contributed by atoms with van der Waals surface area (Å²) in [5.74, 6) is 0. The van der Waals surface area contributed by atoms with Gasteiger partial charge in [-0.25, -0.2) is 4.57 Å². The van der Waals surface area contributed by atoms with Crippen molar-refractivity contribution in [3.05, 3.63) is 101 Å². The van der Waals surface area contributed by atoms with Crippen molar-refractivity contribution in [2.75, 3.05) is 0 Å². The Morgan fingerprint density at radius 2 is 1.53 bits per heavy atom. The van der Waals surface area contributed by atoms with E-state index in [4.69, 9.17) is 0 Å². The molecule has 4 aromatic rings. The monoisotopic (exact) mass is 418 g/mol. The first kappa shape index (κ1) is 20.7. The third-order valence-corrected chi connectivity index (χ3v) is 6.62. The summed E-state index contributed by atoms with van der Waals surface area (Å²) in [5, 5.41) is 0. The van der Waals surface area contributed by atoms with Crippen LogP contribution in [0.2, 0.25) is 0 Å². The molecular formula is C31H32N+. The number of nitrogens with zero attached hydrogens (tertiary/aromatic N) is 1. The van der Waals surface area contributed by atoms with Crippen LogP contribution in [0.3, 0.4) is 0 Å². The second-order valence-electron chi connectivity index (χ2n) is 10.4. The number of aromatic nitrogens is 1. The Labute approximate surface area is 192 Å². The lowest BCUT2D eigenvalue weighted by molar-refractivity contribution is -0.660. The lowest BCUT2D eigenvalue weighted by Gasteiger charge is -2.21. The lowest BCUT2D eigenvalue weighted by atomic mass is 9.84.